The minimum absolute atomic E-state index is 0.0299. The second kappa shape index (κ2) is 3.52. The highest BCUT2D eigenvalue weighted by Crippen LogP contribution is 2.49. The Bertz CT molecular complexity index is 466. The number of nitriles is 1. The number of amides is 1. The van der Waals surface area contributed by atoms with E-state index < -0.39 is 5.91 Å². The van der Waals surface area contributed by atoms with Gasteiger partial charge in [0, 0.05) is 24.6 Å². The van der Waals surface area contributed by atoms with Gasteiger partial charge in [-0.15, -0.1) is 0 Å². The highest BCUT2D eigenvalue weighted by Gasteiger charge is 2.43. The van der Waals surface area contributed by atoms with Crippen molar-refractivity contribution < 1.29 is 4.79 Å². The van der Waals surface area contributed by atoms with Crippen molar-refractivity contribution in [2.75, 3.05) is 5.73 Å². The monoisotopic (exact) mass is 219 g/mol. The van der Waals surface area contributed by atoms with Crippen molar-refractivity contribution in [1.29, 1.82) is 5.26 Å². The van der Waals surface area contributed by atoms with E-state index in [9.17, 15) is 4.79 Å². The average molecular weight is 219 g/mol. The number of primary amides is 1. The number of anilines is 1. The number of nitrogen functional groups attached to an aromatic ring is 1. The summed E-state index contributed by atoms with van der Waals surface area (Å²) in [4.78, 5) is 11.0. The average Bonchev–Trinajstić information content (AvgIpc) is 2.83. The zero-order chi connectivity index (χ0) is 11.8. The Labute approximate surface area is 92.8 Å². The molecule has 2 rings (SSSR count). The van der Waals surface area contributed by atoms with E-state index in [1.165, 1.54) is 0 Å². The van der Waals surface area contributed by atoms with Crippen LogP contribution in [0.25, 0.3) is 0 Å². The molecule has 0 saturated heterocycles. The molecule has 0 aromatic carbocycles. The fourth-order valence-electron chi connectivity index (χ4n) is 1.79. The summed E-state index contributed by atoms with van der Waals surface area (Å²) in [5, 5.41) is 12.7. The minimum atomic E-state index is -0.624. The molecule has 0 aliphatic heterocycles. The molecule has 0 atom stereocenters. The number of hydrogen-bond acceptors (Lipinski definition) is 4. The summed E-state index contributed by atoms with van der Waals surface area (Å²) < 4.78 is 1.61. The molecule has 16 heavy (non-hydrogen) atoms. The Kier molecular flexibility index (Phi) is 2.31. The number of hydrogen-bond donors (Lipinski definition) is 2. The van der Waals surface area contributed by atoms with Crippen LogP contribution in [0, 0.1) is 16.7 Å². The van der Waals surface area contributed by atoms with Gasteiger partial charge in [-0.05, 0) is 12.8 Å². The molecule has 0 unspecified atom stereocenters. The first kappa shape index (κ1) is 10.5. The van der Waals surface area contributed by atoms with E-state index in [4.69, 9.17) is 16.7 Å². The summed E-state index contributed by atoms with van der Waals surface area (Å²) in [6.07, 6.45) is 4.15. The lowest BCUT2D eigenvalue weighted by Gasteiger charge is -2.09. The molecule has 1 amide bonds. The molecule has 0 spiro atoms. The van der Waals surface area contributed by atoms with Crippen molar-refractivity contribution in [3.05, 3.63) is 11.9 Å². The standard InChI is InChI=1S/C10H13N5O/c11-4-3-10(1-2-10)6-15-5-7(12)8(14-15)9(13)16/h5H,1-3,6,12H2,(H2,13,16). The molecular formula is C10H13N5O. The summed E-state index contributed by atoms with van der Waals surface area (Å²) in [6, 6.07) is 2.17. The summed E-state index contributed by atoms with van der Waals surface area (Å²) in [7, 11) is 0. The molecule has 0 bridgehead atoms. The maximum atomic E-state index is 11.0. The number of nitrogens with zero attached hydrogens (tertiary/aromatic N) is 3. The van der Waals surface area contributed by atoms with Crippen molar-refractivity contribution in [3.8, 4) is 6.07 Å². The third-order valence-electron chi connectivity index (χ3n) is 2.93. The van der Waals surface area contributed by atoms with Gasteiger partial charge in [0.1, 0.15) is 0 Å². The molecular weight excluding hydrogens is 206 g/mol. The first-order chi connectivity index (χ1) is 7.56. The van der Waals surface area contributed by atoms with E-state index in [1.807, 2.05) is 0 Å². The van der Waals surface area contributed by atoms with Gasteiger partial charge in [0.25, 0.3) is 5.91 Å². The van der Waals surface area contributed by atoms with Gasteiger partial charge in [-0.1, -0.05) is 0 Å². The van der Waals surface area contributed by atoms with Crippen molar-refractivity contribution in [3.63, 3.8) is 0 Å². The van der Waals surface area contributed by atoms with Gasteiger partial charge in [-0.25, -0.2) is 0 Å². The maximum absolute atomic E-state index is 11.0. The van der Waals surface area contributed by atoms with Crippen LogP contribution in [0.5, 0.6) is 0 Å². The maximum Gasteiger partial charge on any atom is 0.271 e. The Morgan fingerprint density at radius 2 is 2.38 bits per heavy atom. The van der Waals surface area contributed by atoms with Crippen molar-refractivity contribution in [2.45, 2.75) is 25.8 Å². The van der Waals surface area contributed by atoms with Gasteiger partial charge in [0.2, 0.25) is 0 Å². The van der Waals surface area contributed by atoms with Gasteiger partial charge in [-0.2, -0.15) is 10.4 Å². The fourth-order valence-corrected chi connectivity index (χ4v) is 1.79. The van der Waals surface area contributed by atoms with Gasteiger partial charge in [-0.3, -0.25) is 9.48 Å². The molecule has 1 saturated carbocycles. The van der Waals surface area contributed by atoms with Gasteiger partial charge in [0.05, 0.1) is 11.8 Å². The quantitative estimate of drug-likeness (QED) is 0.756. The molecule has 1 fully saturated rings. The molecule has 1 heterocycles. The van der Waals surface area contributed by atoms with Crippen LogP contribution in [0.1, 0.15) is 29.8 Å². The lowest BCUT2D eigenvalue weighted by Crippen LogP contribution is -2.16. The van der Waals surface area contributed by atoms with Crippen LogP contribution >= 0.6 is 0 Å². The first-order valence-corrected chi connectivity index (χ1v) is 5.06. The number of carbonyl (C=O) groups excluding carboxylic acids is 1. The van der Waals surface area contributed by atoms with Crippen LogP contribution in [0.3, 0.4) is 0 Å². The number of rotatable bonds is 4. The van der Waals surface area contributed by atoms with Crippen molar-refractivity contribution in [2.24, 2.45) is 11.1 Å². The predicted molar refractivity (Wildman–Crippen MR) is 57.1 cm³/mol. The molecule has 6 heteroatoms. The Balaban J connectivity index is 2.14. The van der Waals surface area contributed by atoms with E-state index in [0.717, 1.165) is 12.8 Å². The SMILES string of the molecule is N#CCC1(Cn2cc(N)c(C(N)=O)n2)CC1. The second-order valence-electron chi connectivity index (χ2n) is 4.33. The van der Waals surface area contributed by atoms with E-state index in [1.54, 1.807) is 10.9 Å². The lowest BCUT2D eigenvalue weighted by atomic mass is 10.0. The second-order valence-corrected chi connectivity index (χ2v) is 4.33. The van der Waals surface area contributed by atoms with E-state index in [-0.39, 0.29) is 11.1 Å². The lowest BCUT2D eigenvalue weighted by molar-refractivity contribution is 0.0995. The van der Waals surface area contributed by atoms with Gasteiger partial charge in [0.15, 0.2) is 5.69 Å². The number of carbonyl (C=O) groups is 1. The molecule has 1 aliphatic carbocycles. The van der Waals surface area contributed by atoms with Crippen LogP contribution in [0.4, 0.5) is 5.69 Å². The van der Waals surface area contributed by atoms with E-state index in [2.05, 4.69) is 11.2 Å². The third-order valence-corrected chi connectivity index (χ3v) is 2.93. The molecule has 6 nitrogen and oxygen atoms in total. The highest BCUT2D eigenvalue weighted by atomic mass is 16.1. The van der Waals surface area contributed by atoms with Gasteiger partial charge >= 0.3 is 0 Å². The zero-order valence-electron chi connectivity index (χ0n) is 8.81. The fraction of sp³-hybridized carbons (Fsp3) is 0.500. The summed E-state index contributed by atoms with van der Waals surface area (Å²) in [5.74, 6) is -0.624. The topological polar surface area (TPSA) is 111 Å². The highest BCUT2D eigenvalue weighted by molar-refractivity contribution is 5.95. The van der Waals surface area contributed by atoms with Crippen LogP contribution in [-0.4, -0.2) is 15.7 Å². The molecule has 0 radical (unpaired) electrons. The smallest absolute Gasteiger partial charge is 0.271 e. The van der Waals surface area contributed by atoms with Crippen LogP contribution in [-0.2, 0) is 6.54 Å². The molecule has 84 valence electrons. The van der Waals surface area contributed by atoms with Crippen LogP contribution in [0.15, 0.2) is 6.20 Å². The van der Waals surface area contributed by atoms with E-state index >= 15 is 0 Å². The van der Waals surface area contributed by atoms with Crippen LogP contribution in [0.2, 0.25) is 0 Å². The predicted octanol–water partition coefficient (Wildman–Crippen LogP) is 0.258. The molecule has 1 aliphatic rings. The van der Waals surface area contributed by atoms with Crippen molar-refractivity contribution in [1.82, 2.24) is 9.78 Å². The summed E-state index contributed by atoms with van der Waals surface area (Å²) in [6.45, 7) is 0.623. The first-order valence-electron chi connectivity index (χ1n) is 5.06. The Morgan fingerprint density at radius 1 is 1.69 bits per heavy atom. The summed E-state index contributed by atoms with van der Waals surface area (Å²) >= 11 is 0. The minimum Gasteiger partial charge on any atom is -0.396 e. The molecule has 1 aromatic heterocycles. The van der Waals surface area contributed by atoms with E-state index in [0.29, 0.717) is 18.7 Å². The normalized spacial score (nSPS) is 16.7. The largest absolute Gasteiger partial charge is 0.396 e. The number of aromatic nitrogens is 2. The zero-order valence-corrected chi connectivity index (χ0v) is 8.81. The molecule has 1 aromatic rings. The summed E-state index contributed by atoms with van der Waals surface area (Å²) in [5.41, 5.74) is 11.2. The molecule has 4 N–H and O–H groups in total. The Hall–Kier alpha value is -2.03. The number of nitrogens with two attached hydrogens (primary N) is 2. The third kappa shape index (κ3) is 1.84. The van der Waals surface area contributed by atoms with Crippen LogP contribution < -0.4 is 11.5 Å². The van der Waals surface area contributed by atoms with Gasteiger partial charge < -0.3 is 11.5 Å². The van der Waals surface area contributed by atoms with Crippen molar-refractivity contribution >= 4 is 11.6 Å². The Morgan fingerprint density at radius 3 is 2.81 bits per heavy atom.